The van der Waals surface area contributed by atoms with Crippen molar-refractivity contribution in [3.05, 3.63) is 47.5 Å². The van der Waals surface area contributed by atoms with Crippen LogP contribution in [0.1, 0.15) is 34.6 Å². The zero-order valence-electron chi connectivity index (χ0n) is 21.8. The predicted octanol–water partition coefficient (Wildman–Crippen LogP) is 4.62. The SMILES string of the molecule is CC(=O)N(CCOC(=O)C(C)NS(=O)(=O)c1cccc2c(N(C)C)cccc12)C(C)=CSSC(C)C. The van der Waals surface area contributed by atoms with Crippen molar-refractivity contribution in [1.29, 1.82) is 0 Å². The zero-order valence-corrected chi connectivity index (χ0v) is 24.2. The molecule has 0 fully saturated rings. The third-order valence-corrected chi connectivity index (χ3v) is 9.46. The molecule has 8 nitrogen and oxygen atoms in total. The molecule has 0 bridgehead atoms. The van der Waals surface area contributed by atoms with Crippen LogP contribution in [0.25, 0.3) is 10.8 Å². The van der Waals surface area contributed by atoms with Crippen LogP contribution in [-0.4, -0.2) is 63.7 Å². The summed E-state index contributed by atoms with van der Waals surface area (Å²) < 4.78 is 34.0. The van der Waals surface area contributed by atoms with Gasteiger partial charge in [-0.3, -0.25) is 9.59 Å². The number of fused-ring (bicyclic) bond motifs is 1. The Morgan fingerprint density at radius 1 is 1.06 bits per heavy atom. The number of nitrogens with zero attached hydrogens (tertiary/aromatic N) is 2. The molecule has 198 valence electrons. The summed E-state index contributed by atoms with van der Waals surface area (Å²) in [6.45, 7) is 8.98. The van der Waals surface area contributed by atoms with Gasteiger partial charge in [0.25, 0.3) is 0 Å². The molecule has 0 aliphatic carbocycles. The second-order valence-electron chi connectivity index (χ2n) is 8.70. The third-order valence-electron chi connectivity index (χ3n) is 5.15. The highest BCUT2D eigenvalue weighted by Gasteiger charge is 2.25. The van der Waals surface area contributed by atoms with E-state index in [0.717, 1.165) is 16.8 Å². The van der Waals surface area contributed by atoms with Gasteiger partial charge in [0.05, 0.1) is 11.4 Å². The minimum atomic E-state index is -4.01. The molecule has 1 N–H and O–H groups in total. The molecule has 0 spiro atoms. The van der Waals surface area contributed by atoms with Crippen molar-refractivity contribution in [3.8, 4) is 0 Å². The summed E-state index contributed by atoms with van der Waals surface area (Å²) in [5.41, 5.74) is 1.64. The molecule has 0 saturated heterocycles. The molecule has 0 aliphatic heterocycles. The van der Waals surface area contributed by atoms with Gasteiger partial charge >= 0.3 is 5.97 Å². The van der Waals surface area contributed by atoms with E-state index < -0.39 is 22.0 Å². The predicted molar refractivity (Wildman–Crippen MR) is 150 cm³/mol. The lowest BCUT2D eigenvalue weighted by atomic mass is 10.1. The molecule has 2 aromatic carbocycles. The number of amides is 1. The lowest BCUT2D eigenvalue weighted by molar-refractivity contribution is -0.146. The molecule has 0 aromatic heterocycles. The molecule has 0 heterocycles. The Morgan fingerprint density at radius 2 is 1.69 bits per heavy atom. The highest BCUT2D eigenvalue weighted by Crippen LogP contribution is 2.30. The van der Waals surface area contributed by atoms with Crippen LogP contribution in [0.3, 0.4) is 0 Å². The number of hydrogen-bond donors (Lipinski definition) is 1. The summed E-state index contributed by atoms with van der Waals surface area (Å²) in [5, 5.41) is 3.68. The first kappa shape index (κ1) is 30.0. The number of rotatable bonds is 12. The third kappa shape index (κ3) is 8.16. The molecule has 2 aromatic rings. The molecule has 1 atom stereocenters. The Kier molecular flexibility index (Phi) is 11.1. The second kappa shape index (κ2) is 13.4. The van der Waals surface area contributed by atoms with E-state index in [1.165, 1.54) is 24.8 Å². The Balaban J connectivity index is 2.06. The highest BCUT2D eigenvalue weighted by molar-refractivity contribution is 8.78. The average Bonchev–Trinajstić information content (AvgIpc) is 2.79. The van der Waals surface area contributed by atoms with Gasteiger partial charge in [-0.15, -0.1) is 0 Å². The number of carbonyl (C=O) groups excluding carboxylic acids is 2. The maximum absolute atomic E-state index is 13.2. The van der Waals surface area contributed by atoms with Gasteiger partial charge in [-0.25, -0.2) is 8.42 Å². The first-order chi connectivity index (χ1) is 16.8. The first-order valence-corrected chi connectivity index (χ1v) is 15.3. The molecule has 0 saturated carbocycles. The van der Waals surface area contributed by atoms with E-state index in [0.29, 0.717) is 10.6 Å². The molecule has 1 amide bonds. The molecular formula is C25H35N3O5S3. The number of hydrogen-bond acceptors (Lipinski definition) is 8. The number of anilines is 1. The van der Waals surface area contributed by atoms with E-state index in [9.17, 15) is 18.0 Å². The standard InChI is InChI=1S/C25H35N3O5S3/c1-17(2)35-34-16-18(3)28(20(5)29)14-15-33-25(30)19(4)26-36(31,32)24-13-9-10-21-22(24)11-8-12-23(21)27(6)7/h8-13,16-17,19,26H,14-15H2,1-7H3. The minimum Gasteiger partial charge on any atom is -0.463 e. The number of allylic oxidation sites excluding steroid dienone is 1. The van der Waals surface area contributed by atoms with Crippen molar-refractivity contribution in [2.75, 3.05) is 32.1 Å². The number of carbonyl (C=O) groups is 2. The monoisotopic (exact) mass is 553 g/mol. The topological polar surface area (TPSA) is 96.0 Å². The molecule has 11 heteroatoms. The van der Waals surface area contributed by atoms with E-state index in [1.807, 2.05) is 43.5 Å². The molecule has 2 rings (SSSR count). The maximum Gasteiger partial charge on any atom is 0.323 e. The Labute approximate surface area is 222 Å². The van der Waals surface area contributed by atoms with E-state index in [2.05, 4.69) is 18.6 Å². The van der Waals surface area contributed by atoms with E-state index in [-0.39, 0.29) is 24.0 Å². The summed E-state index contributed by atoms with van der Waals surface area (Å²) in [6.07, 6.45) is 0. The summed E-state index contributed by atoms with van der Waals surface area (Å²) in [4.78, 5) is 28.1. The van der Waals surface area contributed by atoms with Crippen LogP contribution in [0.5, 0.6) is 0 Å². The Morgan fingerprint density at radius 3 is 2.31 bits per heavy atom. The van der Waals surface area contributed by atoms with Crippen LogP contribution in [0.2, 0.25) is 0 Å². The highest BCUT2D eigenvalue weighted by atomic mass is 33.1. The summed E-state index contributed by atoms with van der Waals surface area (Å²) >= 11 is 0. The first-order valence-electron chi connectivity index (χ1n) is 11.5. The van der Waals surface area contributed by atoms with Crippen LogP contribution in [-0.2, 0) is 24.3 Å². The number of sulfonamides is 1. The van der Waals surface area contributed by atoms with Crippen molar-refractivity contribution in [2.45, 2.75) is 50.8 Å². The van der Waals surface area contributed by atoms with Crippen molar-refractivity contribution in [2.24, 2.45) is 0 Å². The van der Waals surface area contributed by atoms with Gasteiger partial charge in [0.2, 0.25) is 15.9 Å². The Bertz CT molecular complexity index is 1210. The number of benzene rings is 2. The van der Waals surface area contributed by atoms with Crippen molar-refractivity contribution in [1.82, 2.24) is 9.62 Å². The summed E-state index contributed by atoms with van der Waals surface area (Å²) in [7, 11) is 2.99. The fourth-order valence-electron chi connectivity index (χ4n) is 3.45. The summed E-state index contributed by atoms with van der Waals surface area (Å²) in [5.74, 6) is -0.889. The van der Waals surface area contributed by atoms with Crippen LogP contribution in [0.15, 0.2) is 52.4 Å². The van der Waals surface area contributed by atoms with Crippen molar-refractivity contribution >= 4 is 59.9 Å². The second-order valence-corrected chi connectivity index (χ2v) is 13.1. The van der Waals surface area contributed by atoms with Crippen LogP contribution in [0.4, 0.5) is 5.69 Å². The van der Waals surface area contributed by atoms with E-state index in [1.54, 1.807) is 39.8 Å². The molecule has 1 unspecified atom stereocenters. The lowest BCUT2D eigenvalue weighted by Gasteiger charge is -2.22. The Hall–Kier alpha value is -2.21. The van der Waals surface area contributed by atoms with Gasteiger partial charge in [-0.1, -0.05) is 59.7 Å². The van der Waals surface area contributed by atoms with E-state index in [4.69, 9.17) is 4.74 Å². The molecular weight excluding hydrogens is 518 g/mol. The number of ether oxygens (including phenoxy) is 1. The molecule has 36 heavy (non-hydrogen) atoms. The fraction of sp³-hybridized carbons (Fsp3) is 0.440. The smallest absolute Gasteiger partial charge is 0.323 e. The van der Waals surface area contributed by atoms with Gasteiger partial charge in [-0.05, 0) is 26.0 Å². The number of nitrogens with one attached hydrogen (secondary N) is 1. The van der Waals surface area contributed by atoms with Crippen molar-refractivity contribution in [3.63, 3.8) is 0 Å². The van der Waals surface area contributed by atoms with Crippen LogP contribution >= 0.6 is 21.6 Å². The van der Waals surface area contributed by atoms with Gasteiger partial charge in [0.15, 0.2) is 0 Å². The quantitative estimate of drug-likeness (QED) is 0.301. The average molecular weight is 554 g/mol. The number of esters is 1. The van der Waals surface area contributed by atoms with Gasteiger partial charge in [-0.2, -0.15) is 4.72 Å². The maximum atomic E-state index is 13.2. The molecule has 0 radical (unpaired) electrons. The lowest BCUT2D eigenvalue weighted by Crippen LogP contribution is -2.40. The van der Waals surface area contributed by atoms with Gasteiger partial charge < -0.3 is 14.5 Å². The summed E-state index contributed by atoms with van der Waals surface area (Å²) in [6, 6.07) is 9.39. The van der Waals surface area contributed by atoms with Crippen molar-refractivity contribution < 1.29 is 22.7 Å². The van der Waals surface area contributed by atoms with Gasteiger partial charge in [0, 0.05) is 53.8 Å². The molecule has 0 aliphatic rings. The van der Waals surface area contributed by atoms with Gasteiger partial charge in [0.1, 0.15) is 12.6 Å². The minimum absolute atomic E-state index is 0.0574. The zero-order chi connectivity index (χ0) is 27.0. The van der Waals surface area contributed by atoms with Crippen LogP contribution in [0, 0.1) is 0 Å². The fourth-order valence-corrected chi connectivity index (χ4v) is 6.66. The normalized spacial score (nSPS) is 13.1. The van der Waals surface area contributed by atoms with Crippen LogP contribution < -0.4 is 9.62 Å². The van der Waals surface area contributed by atoms with E-state index >= 15 is 0 Å². The largest absolute Gasteiger partial charge is 0.463 e.